The van der Waals surface area contributed by atoms with Crippen molar-refractivity contribution >= 4 is 6.09 Å². The molecule has 0 heterocycles. The third-order valence-corrected chi connectivity index (χ3v) is 2.08. The van der Waals surface area contributed by atoms with Crippen LogP contribution in [-0.4, -0.2) is 17.7 Å². The molecule has 0 aromatic rings. The molecule has 0 aromatic heterocycles. The highest BCUT2D eigenvalue weighted by molar-refractivity contribution is 5.68. The Hall–Kier alpha value is -1.06. The molecule has 1 amide bonds. The van der Waals surface area contributed by atoms with E-state index in [4.69, 9.17) is 4.74 Å². The lowest BCUT2D eigenvalue weighted by Gasteiger charge is -2.24. The molecule has 0 aliphatic heterocycles. The molecular weight excluding hydrogens is 197 g/mol. The van der Waals surface area contributed by atoms with Crippen LogP contribution in [0.25, 0.3) is 0 Å². The Morgan fingerprint density at radius 2 is 2.27 bits per heavy atom. The summed E-state index contributed by atoms with van der Waals surface area (Å²) in [4.78, 5) is 11.4. The largest absolute Gasteiger partial charge is 0.444 e. The number of ether oxygens (including phenoxy) is 1. The predicted molar refractivity (Wildman–Crippen MR) is 56.2 cm³/mol. The minimum absolute atomic E-state index is 0.000602. The predicted octanol–water partition coefficient (Wildman–Crippen LogP) is 2.92. The van der Waals surface area contributed by atoms with E-state index in [1.165, 1.54) is 6.08 Å². The van der Waals surface area contributed by atoms with Crippen LogP contribution in [-0.2, 0) is 4.74 Å². The molecule has 1 rings (SSSR count). The summed E-state index contributed by atoms with van der Waals surface area (Å²) in [6, 6.07) is -0.000602. The van der Waals surface area contributed by atoms with Gasteiger partial charge in [0.2, 0.25) is 0 Å². The average Bonchev–Trinajstić information content (AvgIpc) is 2.05. The summed E-state index contributed by atoms with van der Waals surface area (Å²) in [5, 5.41) is 2.72. The normalized spacial score (nSPS) is 21.9. The summed E-state index contributed by atoms with van der Waals surface area (Å²) in [7, 11) is 0. The second-order valence-electron chi connectivity index (χ2n) is 4.77. The molecule has 0 unspecified atom stereocenters. The first-order chi connectivity index (χ1) is 6.87. The van der Waals surface area contributed by atoms with E-state index in [-0.39, 0.29) is 11.9 Å². The van der Waals surface area contributed by atoms with Gasteiger partial charge in [0.15, 0.2) is 0 Å². The molecule has 15 heavy (non-hydrogen) atoms. The molecule has 0 aromatic carbocycles. The van der Waals surface area contributed by atoms with Crippen LogP contribution in [0.5, 0.6) is 0 Å². The third-order valence-electron chi connectivity index (χ3n) is 2.08. The molecule has 0 bridgehead atoms. The van der Waals surface area contributed by atoms with Crippen LogP contribution in [0, 0.1) is 0 Å². The minimum Gasteiger partial charge on any atom is -0.444 e. The Labute approximate surface area is 89.7 Å². The number of hydrogen-bond acceptors (Lipinski definition) is 2. The van der Waals surface area contributed by atoms with Crippen LogP contribution in [0.1, 0.15) is 40.0 Å². The maximum Gasteiger partial charge on any atom is 0.407 e. The zero-order valence-corrected chi connectivity index (χ0v) is 9.47. The standard InChI is InChI=1S/C11H18FNO2/c1-11(2,3)15-10(14)13-9-6-4-8(12)5-7-9/h4,9H,5-7H2,1-3H3,(H,13,14)/t9-/m1/s1. The molecule has 4 heteroatoms. The molecule has 0 fully saturated rings. The van der Waals surface area contributed by atoms with Crippen LogP contribution >= 0.6 is 0 Å². The number of allylic oxidation sites excluding steroid dienone is 1. The van der Waals surface area contributed by atoms with Gasteiger partial charge >= 0.3 is 6.09 Å². The maximum absolute atomic E-state index is 12.7. The fraction of sp³-hybridized carbons (Fsp3) is 0.727. The van der Waals surface area contributed by atoms with E-state index in [2.05, 4.69) is 5.32 Å². The lowest BCUT2D eigenvalue weighted by Crippen LogP contribution is -2.39. The van der Waals surface area contributed by atoms with Gasteiger partial charge in [-0.25, -0.2) is 9.18 Å². The fourth-order valence-electron chi connectivity index (χ4n) is 1.41. The van der Waals surface area contributed by atoms with E-state index in [9.17, 15) is 9.18 Å². The average molecular weight is 215 g/mol. The Morgan fingerprint density at radius 3 is 2.73 bits per heavy atom. The van der Waals surface area contributed by atoms with E-state index in [0.717, 1.165) is 0 Å². The van der Waals surface area contributed by atoms with Gasteiger partial charge in [-0.2, -0.15) is 0 Å². The lowest BCUT2D eigenvalue weighted by atomic mass is 10.0. The number of alkyl carbamates (subject to hydrolysis) is 1. The first kappa shape index (κ1) is 12.0. The molecule has 0 saturated carbocycles. The second kappa shape index (κ2) is 4.64. The number of nitrogens with one attached hydrogen (secondary N) is 1. The van der Waals surface area contributed by atoms with Gasteiger partial charge in [-0.15, -0.1) is 0 Å². The van der Waals surface area contributed by atoms with Crippen molar-refractivity contribution < 1.29 is 13.9 Å². The number of halogens is 1. The Kier molecular flexibility index (Phi) is 3.72. The van der Waals surface area contributed by atoms with Gasteiger partial charge in [0.05, 0.1) is 5.83 Å². The van der Waals surface area contributed by atoms with Gasteiger partial charge in [0, 0.05) is 12.5 Å². The summed E-state index contributed by atoms with van der Waals surface area (Å²) in [6.45, 7) is 5.44. The highest BCUT2D eigenvalue weighted by Crippen LogP contribution is 2.19. The van der Waals surface area contributed by atoms with Gasteiger partial charge in [0.1, 0.15) is 5.60 Å². The van der Waals surface area contributed by atoms with Crippen molar-refractivity contribution in [3.05, 3.63) is 11.9 Å². The molecule has 86 valence electrons. The van der Waals surface area contributed by atoms with E-state index < -0.39 is 11.7 Å². The van der Waals surface area contributed by atoms with Crippen LogP contribution in [0.3, 0.4) is 0 Å². The van der Waals surface area contributed by atoms with E-state index in [1.807, 2.05) is 20.8 Å². The van der Waals surface area contributed by atoms with Crippen molar-refractivity contribution in [1.82, 2.24) is 5.32 Å². The zero-order valence-electron chi connectivity index (χ0n) is 9.47. The number of rotatable bonds is 1. The minimum atomic E-state index is -0.486. The molecule has 1 N–H and O–H groups in total. The van der Waals surface area contributed by atoms with Crippen molar-refractivity contribution in [2.24, 2.45) is 0 Å². The molecule has 0 saturated heterocycles. The third kappa shape index (κ3) is 4.81. The summed E-state index contributed by atoms with van der Waals surface area (Å²) < 4.78 is 17.8. The van der Waals surface area contributed by atoms with Gasteiger partial charge in [0.25, 0.3) is 0 Å². The summed E-state index contributed by atoms with van der Waals surface area (Å²) >= 11 is 0. The van der Waals surface area contributed by atoms with Crippen molar-refractivity contribution in [2.45, 2.75) is 51.7 Å². The molecule has 1 aliphatic rings. The van der Waals surface area contributed by atoms with Crippen LogP contribution in [0.2, 0.25) is 0 Å². The van der Waals surface area contributed by atoms with E-state index in [0.29, 0.717) is 19.3 Å². The Bertz CT molecular complexity index is 268. The quantitative estimate of drug-likeness (QED) is 0.730. The molecule has 3 nitrogen and oxygen atoms in total. The number of hydrogen-bond donors (Lipinski definition) is 1. The molecule has 0 radical (unpaired) electrons. The molecule has 1 aliphatic carbocycles. The summed E-state index contributed by atoms with van der Waals surface area (Å²) in [5.41, 5.74) is -0.486. The molecular formula is C11H18FNO2. The van der Waals surface area contributed by atoms with E-state index in [1.54, 1.807) is 0 Å². The zero-order chi connectivity index (χ0) is 11.5. The second-order valence-corrected chi connectivity index (χ2v) is 4.77. The smallest absolute Gasteiger partial charge is 0.407 e. The monoisotopic (exact) mass is 215 g/mol. The Morgan fingerprint density at radius 1 is 1.60 bits per heavy atom. The fourth-order valence-corrected chi connectivity index (χ4v) is 1.41. The number of amides is 1. The van der Waals surface area contributed by atoms with Gasteiger partial charge in [-0.05, 0) is 33.6 Å². The van der Waals surface area contributed by atoms with Crippen molar-refractivity contribution in [3.8, 4) is 0 Å². The van der Waals surface area contributed by atoms with Crippen molar-refractivity contribution in [3.63, 3.8) is 0 Å². The van der Waals surface area contributed by atoms with Crippen LogP contribution < -0.4 is 5.32 Å². The van der Waals surface area contributed by atoms with Gasteiger partial charge in [-0.3, -0.25) is 0 Å². The molecule has 1 atom stereocenters. The SMILES string of the molecule is CC(C)(C)OC(=O)N[C@@H]1CC=C(F)CC1. The first-order valence-corrected chi connectivity index (χ1v) is 5.21. The number of carbonyl (C=O) groups is 1. The van der Waals surface area contributed by atoms with E-state index >= 15 is 0 Å². The molecule has 0 spiro atoms. The van der Waals surface area contributed by atoms with Crippen molar-refractivity contribution in [2.75, 3.05) is 0 Å². The number of carbonyl (C=O) groups excluding carboxylic acids is 1. The lowest BCUT2D eigenvalue weighted by molar-refractivity contribution is 0.0500. The highest BCUT2D eigenvalue weighted by Gasteiger charge is 2.20. The van der Waals surface area contributed by atoms with Crippen LogP contribution in [0.4, 0.5) is 9.18 Å². The highest BCUT2D eigenvalue weighted by atomic mass is 19.1. The summed E-state index contributed by atoms with van der Waals surface area (Å²) in [6.07, 6.45) is 2.68. The maximum atomic E-state index is 12.7. The van der Waals surface area contributed by atoms with Gasteiger partial charge in [-0.1, -0.05) is 6.08 Å². The Balaban J connectivity index is 2.33. The van der Waals surface area contributed by atoms with Crippen molar-refractivity contribution in [1.29, 1.82) is 0 Å². The topological polar surface area (TPSA) is 38.3 Å². The van der Waals surface area contributed by atoms with Gasteiger partial charge < -0.3 is 10.1 Å². The summed E-state index contributed by atoms with van der Waals surface area (Å²) in [5.74, 6) is -0.0859. The van der Waals surface area contributed by atoms with Crippen LogP contribution in [0.15, 0.2) is 11.9 Å². The first-order valence-electron chi connectivity index (χ1n) is 5.21.